The first-order valence-electron chi connectivity index (χ1n) is 9.50. The molecule has 0 aromatic heterocycles. The zero-order valence-corrected chi connectivity index (χ0v) is 18.4. The molecule has 2 aromatic rings. The smallest absolute Gasteiger partial charge is 0.329 e. The molecular weight excluding hydrogens is 427 g/mol. The predicted molar refractivity (Wildman–Crippen MR) is 115 cm³/mol. The van der Waals surface area contributed by atoms with Gasteiger partial charge in [-0.05, 0) is 36.6 Å². The Balaban J connectivity index is 2.00. The summed E-state index contributed by atoms with van der Waals surface area (Å²) in [6, 6.07) is 7.55. The van der Waals surface area contributed by atoms with E-state index >= 15 is 0 Å². The van der Waals surface area contributed by atoms with Crippen molar-refractivity contribution in [2.45, 2.75) is 26.8 Å². The molecular formula is C22H24ClFN2O5. The number of halogens is 2. The van der Waals surface area contributed by atoms with Crippen LogP contribution in [0.4, 0.5) is 10.1 Å². The van der Waals surface area contributed by atoms with Crippen LogP contribution in [0.3, 0.4) is 0 Å². The average molecular weight is 451 g/mol. The third-order valence-electron chi connectivity index (χ3n) is 4.43. The Morgan fingerprint density at radius 1 is 1.16 bits per heavy atom. The van der Waals surface area contributed by atoms with E-state index in [0.717, 1.165) is 11.6 Å². The van der Waals surface area contributed by atoms with Crippen molar-refractivity contribution < 1.29 is 28.2 Å². The highest BCUT2D eigenvalue weighted by Crippen LogP contribution is 2.30. The summed E-state index contributed by atoms with van der Waals surface area (Å²) in [5.41, 5.74) is 0.910. The van der Waals surface area contributed by atoms with Gasteiger partial charge in [-0.25, -0.2) is 9.18 Å². The van der Waals surface area contributed by atoms with Crippen LogP contribution in [0.2, 0.25) is 5.02 Å². The van der Waals surface area contributed by atoms with Gasteiger partial charge in [0.15, 0.2) is 6.61 Å². The number of carbonyl (C=O) groups is 3. The van der Waals surface area contributed by atoms with Crippen molar-refractivity contribution in [3.8, 4) is 5.75 Å². The molecule has 166 valence electrons. The number of carbonyl (C=O) groups excluding carboxylic acids is 3. The van der Waals surface area contributed by atoms with Crippen molar-refractivity contribution in [3.63, 3.8) is 0 Å². The monoisotopic (exact) mass is 450 g/mol. The Kier molecular flexibility index (Phi) is 8.38. The molecule has 0 spiro atoms. The standard InChI is InChI=1S/C22H24ClFN2O5/c1-12(2)20(26-21(28)14-7-5-6-8-16(14)24)22(29)31-11-19(27)25-17-9-13(3)15(23)10-18(17)30-4/h5-10,12,20H,11H2,1-4H3,(H,25,27)(H,26,28)/t20-/m0/s1. The second-order valence-corrected chi connectivity index (χ2v) is 7.54. The molecule has 7 nitrogen and oxygen atoms in total. The van der Waals surface area contributed by atoms with Crippen LogP contribution in [-0.2, 0) is 14.3 Å². The second kappa shape index (κ2) is 10.8. The van der Waals surface area contributed by atoms with Crippen molar-refractivity contribution in [1.29, 1.82) is 0 Å². The molecule has 0 unspecified atom stereocenters. The van der Waals surface area contributed by atoms with Gasteiger partial charge in [-0.1, -0.05) is 37.6 Å². The number of methoxy groups -OCH3 is 1. The number of rotatable bonds is 8. The summed E-state index contributed by atoms with van der Waals surface area (Å²) in [5.74, 6) is -2.87. The molecule has 2 N–H and O–H groups in total. The van der Waals surface area contributed by atoms with E-state index in [1.165, 1.54) is 25.3 Å². The number of anilines is 1. The number of aryl methyl sites for hydroxylation is 1. The summed E-state index contributed by atoms with van der Waals surface area (Å²) in [6.07, 6.45) is 0. The Bertz CT molecular complexity index is 980. The number of nitrogens with one attached hydrogen (secondary N) is 2. The third kappa shape index (κ3) is 6.42. The lowest BCUT2D eigenvalue weighted by Gasteiger charge is -2.21. The molecule has 2 aromatic carbocycles. The molecule has 0 fully saturated rings. The van der Waals surface area contributed by atoms with E-state index in [1.54, 1.807) is 32.9 Å². The zero-order valence-electron chi connectivity index (χ0n) is 17.6. The lowest BCUT2D eigenvalue weighted by Crippen LogP contribution is -2.46. The quantitative estimate of drug-likeness (QED) is 0.598. The number of hydrogen-bond donors (Lipinski definition) is 2. The van der Waals surface area contributed by atoms with Crippen molar-refractivity contribution in [2.75, 3.05) is 19.0 Å². The van der Waals surface area contributed by atoms with Gasteiger partial charge in [-0.3, -0.25) is 9.59 Å². The first-order valence-corrected chi connectivity index (χ1v) is 9.87. The van der Waals surface area contributed by atoms with Crippen molar-refractivity contribution in [1.82, 2.24) is 5.32 Å². The molecule has 0 heterocycles. The van der Waals surface area contributed by atoms with Gasteiger partial charge >= 0.3 is 5.97 Å². The van der Waals surface area contributed by atoms with Crippen molar-refractivity contribution in [2.24, 2.45) is 5.92 Å². The first-order chi connectivity index (χ1) is 14.6. The van der Waals surface area contributed by atoms with Crippen LogP contribution < -0.4 is 15.4 Å². The molecule has 0 aliphatic heterocycles. The van der Waals surface area contributed by atoms with Gasteiger partial charge in [0.25, 0.3) is 11.8 Å². The van der Waals surface area contributed by atoms with Crippen LogP contribution in [0.15, 0.2) is 36.4 Å². The highest BCUT2D eigenvalue weighted by Gasteiger charge is 2.27. The molecule has 0 aliphatic carbocycles. The Hall–Kier alpha value is -3.13. The number of esters is 1. The van der Waals surface area contributed by atoms with Gasteiger partial charge < -0.3 is 20.1 Å². The van der Waals surface area contributed by atoms with Gasteiger partial charge in [-0.2, -0.15) is 0 Å². The summed E-state index contributed by atoms with van der Waals surface area (Å²) in [6.45, 7) is 4.56. The minimum Gasteiger partial charge on any atom is -0.495 e. The molecule has 0 radical (unpaired) electrons. The molecule has 1 atom stereocenters. The molecule has 0 saturated heterocycles. The summed E-state index contributed by atoms with van der Waals surface area (Å²) in [7, 11) is 1.43. The van der Waals surface area contributed by atoms with Gasteiger partial charge in [0.05, 0.1) is 18.4 Å². The van der Waals surface area contributed by atoms with Crippen LogP contribution in [0.5, 0.6) is 5.75 Å². The van der Waals surface area contributed by atoms with Crippen LogP contribution in [0, 0.1) is 18.7 Å². The highest BCUT2D eigenvalue weighted by atomic mass is 35.5. The lowest BCUT2D eigenvalue weighted by molar-refractivity contribution is -0.150. The Labute approximate surface area is 184 Å². The molecule has 0 bridgehead atoms. The van der Waals surface area contributed by atoms with E-state index < -0.39 is 36.2 Å². The third-order valence-corrected chi connectivity index (χ3v) is 4.83. The van der Waals surface area contributed by atoms with Crippen LogP contribution in [0.25, 0.3) is 0 Å². The van der Waals surface area contributed by atoms with E-state index in [0.29, 0.717) is 16.5 Å². The largest absolute Gasteiger partial charge is 0.495 e. The fourth-order valence-electron chi connectivity index (χ4n) is 2.70. The maximum atomic E-state index is 13.8. The second-order valence-electron chi connectivity index (χ2n) is 7.13. The number of benzene rings is 2. The summed E-state index contributed by atoms with van der Waals surface area (Å²) in [4.78, 5) is 37.0. The first kappa shape index (κ1) is 24.1. The Morgan fingerprint density at radius 3 is 2.45 bits per heavy atom. The average Bonchev–Trinajstić information content (AvgIpc) is 2.72. The van der Waals surface area contributed by atoms with Crippen LogP contribution >= 0.6 is 11.6 Å². The molecule has 0 aliphatic rings. The van der Waals surface area contributed by atoms with E-state index in [1.807, 2.05) is 0 Å². The summed E-state index contributed by atoms with van der Waals surface area (Å²) < 4.78 is 24.1. The van der Waals surface area contributed by atoms with Crippen LogP contribution in [0.1, 0.15) is 29.8 Å². The Morgan fingerprint density at radius 2 is 1.84 bits per heavy atom. The normalized spacial score (nSPS) is 11.6. The van der Waals surface area contributed by atoms with E-state index in [4.69, 9.17) is 21.1 Å². The maximum absolute atomic E-state index is 13.8. The van der Waals surface area contributed by atoms with E-state index in [-0.39, 0.29) is 11.5 Å². The van der Waals surface area contributed by atoms with E-state index in [9.17, 15) is 18.8 Å². The summed E-state index contributed by atoms with van der Waals surface area (Å²) in [5, 5.41) is 5.53. The molecule has 9 heteroatoms. The molecule has 2 rings (SSSR count). The van der Waals surface area contributed by atoms with Crippen molar-refractivity contribution in [3.05, 3.63) is 58.4 Å². The SMILES string of the molecule is COc1cc(Cl)c(C)cc1NC(=O)COC(=O)[C@@H](NC(=O)c1ccccc1F)C(C)C. The number of amides is 2. The topological polar surface area (TPSA) is 93.7 Å². The summed E-state index contributed by atoms with van der Waals surface area (Å²) >= 11 is 6.04. The lowest BCUT2D eigenvalue weighted by atomic mass is 10.0. The van der Waals surface area contributed by atoms with Crippen LogP contribution in [-0.4, -0.2) is 37.5 Å². The minimum absolute atomic E-state index is 0.191. The van der Waals surface area contributed by atoms with Crippen molar-refractivity contribution >= 4 is 35.1 Å². The fraction of sp³-hybridized carbons (Fsp3) is 0.318. The van der Waals surface area contributed by atoms with Gasteiger partial charge in [0, 0.05) is 11.1 Å². The predicted octanol–water partition coefficient (Wildman–Crippen LogP) is 3.73. The van der Waals surface area contributed by atoms with E-state index in [2.05, 4.69) is 10.6 Å². The fourth-order valence-corrected chi connectivity index (χ4v) is 2.86. The number of ether oxygens (including phenoxy) is 2. The molecule has 2 amide bonds. The number of hydrogen-bond acceptors (Lipinski definition) is 5. The molecule has 0 saturated carbocycles. The highest BCUT2D eigenvalue weighted by molar-refractivity contribution is 6.31. The minimum atomic E-state index is -1.06. The van der Waals surface area contributed by atoms with Gasteiger partial charge in [0.1, 0.15) is 17.6 Å². The zero-order chi connectivity index (χ0) is 23.1. The molecule has 31 heavy (non-hydrogen) atoms. The van der Waals surface area contributed by atoms with Gasteiger partial charge in [-0.15, -0.1) is 0 Å². The van der Waals surface area contributed by atoms with Gasteiger partial charge in [0.2, 0.25) is 0 Å². The maximum Gasteiger partial charge on any atom is 0.329 e.